The van der Waals surface area contributed by atoms with Crippen molar-refractivity contribution in [2.45, 2.75) is 13.8 Å². The van der Waals surface area contributed by atoms with Gasteiger partial charge in [0.1, 0.15) is 11.5 Å². The summed E-state index contributed by atoms with van der Waals surface area (Å²) in [7, 11) is 0. The summed E-state index contributed by atoms with van der Waals surface area (Å²) in [5.74, 6) is -3.85. The van der Waals surface area contributed by atoms with E-state index in [-0.39, 0.29) is 33.8 Å². The summed E-state index contributed by atoms with van der Waals surface area (Å²) in [6, 6.07) is 7.66. The van der Waals surface area contributed by atoms with Crippen LogP contribution in [0.5, 0.6) is 11.5 Å². The summed E-state index contributed by atoms with van der Waals surface area (Å²) in [6.07, 6.45) is 0. The minimum Gasteiger partial charge on any atom is -0.478 e. The zero-order chi connectivity index (χ0) is 19.4. The normalized spacial score (nSPS) is 10.1. The number of esters is 2. The molecule has 0 aromatic heterocycles. The number of hydrogen-bond acceptors (Lipinski definition) is 6. The van der Waals surface area contributed by atoms with Crippen LogP contribution in [0.15, 0.2) is 36.4 Å². The van der Waals surface area contributed by atoms with Crippen LogP contribution >= 0.6 is 0 Å². The van der Waals surface area contributed by atoms with E-state index in [2.05, 4.69) is 0 Å². The van der Waals surface area contributed by atoms with Gasteiger partial charge in [0, 0.05) is 13.8 Å². The molecule has 0 aliphatic carbocycles. The number of rotatable bonds is 5. The van der Waals surface area contributed by atoms with Crippen molar-refractivity contribution in [3.63, 3.8) is 0 Å². The van der Waals surface area contributed by atoms with Crippen molar-refractivity contribution < 1.29 is 38.9 Å². The van der Waals surface area contributed by atoms with Crippen LogP contribution in [0, 0.1) is 0 Å². The molecule has 8 nitrogen and oxygen atoms in total. The molecule has 134 valence electrons. The van der Waals surface area contributed by atoms with Crippen molar-refractivity contribution in [1.29, 1.82) is 0 Å². The molecule has 2 aromatic rings. The molecule has 0 atom stereocenters. The summed E-state index contributed by atoms with van der Waals surface area (Å²) in [6.45, 7) is 2.34. The minimum absolute atomic E-state index is 0.0204. The maximum Gasteiger partial charge on any atom is 0.336 e. The smallest absolute Gasteiger partial charge is 0.336 e. The van der Waals surface area contributed by atoms with E-state index < -0.39 is 23.9 Å². The number of ether oxygens (including phenoxy) is 2. The molecule has 0 fully saturated rings. The van der Waals surface area contributed by atoms with Gasteiger partial charge in [0.05, 0.1) is 11.1 Å². The van der Waals surface area contributed by atoms with Crippen LogP contribution < -0.4 is 9.47 Å². The van der Waals surface area contributed by atoms with Gasteiger partial charge in [0.2, 0.25) is 0 Å². The second kappa shape index (κ2) is 7.47. The largest absolute Gasteiger partial charge is 0.478 e. The Morgan fingerprint density at radius 3 is 1.31 bits per heavy atom. The zero-order valence-electron chi connectivity index (χ0n) is 13.8. The summed E-state index contributed by atoms with van der Waals surface area (Å²) >= 11 is 0. The monoisotopic (exact) mass is 358 g/mol. The number of aromatic carboxylic acids is 2. The first-order valence-corrected chi connectivity index (χ1v) is 7.31. The second-order valence-electron chi connectivity index (χ2n) is 5.21. The first kappa shape index (κ1) is 18.7. The van der Waals surface area contributed by atoms with Gasteiger partial charge in [-0.2, -0.15) is 0 Å². The summed E-state index contributed by atoms with van der Waals surface area (Å²) in [5, 5.41) is 18.9. The first-order valence-electron chi connectivity index (χ1n) is 7.31. The Morgan fingerprint density at radius 1 is 0.692 bits per heavy atom. The van der Waals surface area contributed by atoms with Crippen LogP contribution in [0.1, 0.15) is 34.6 Å². The van der Waals surface area contributed by atoms with Gasteiger partial charge in [0.15, 0.2) is 0 Å². The van der Waals surface area contributed by atoms with E-state index in [1.165, 1.54) is 38.1 Å². The van der Waals surface area contributed by atoms with Gasteiger partial charge in [-0.05, 0) is 47.5 Å². The Balaban J connectivity index is 2.62. The molecule has 8 heteroatoms. The molecule has 2 aromatic carbocycles. The second-order valence-corrected chi connectivity index (χ2v) is 5.21. The molecule has 0 saturated carbocycles. The third-order valence-electron chi connectivity index (χ3n) is 3.26. The van der Waals surface area contributed by atoms with Crippen molar-refractivity contribution in [3.8, 4) is 22.6 Å². The van der Waals surface area contributed by atoms with E-state index in [4.69, 9.17) is 9.47 Å². The fourth-order valence-electron chi connectivity index (χ4n) is 2.33. The van der Waals surface area contributed by atoms with E-state index in [1.807, 2.05) is 0 Å². The van der Waals surface area contributed by atoms with Crippen LogP contribution in [0.4, 0.5) is 0 Å². The van der Waals surface area contributed by atoms with Gasteiger partial charge in [-0.15, -0.1) is 0 Å². The van der Waals surface area contributed by atoms with Crippen LogP contribution in [-0.2, 0) is 9.59 Å². The topological polar surface area (TPSA) is 127 Å². The van der Waals surface area contributed by atoms with Gasteiger partial charge >= 0.3 is 23.9 Å². The minimum atomic E-state index is -1.32. The van der Waals surface area contributed by atoms with Crippen molar-refractivity contribution in [1.82, 2.24) is 0 Å². The quantitative estimate of drug-likeness (QED) is 0.617. The van der Waals surface area contributed by atoms with E-state index in [1.54, 1.807) is 0 Å². The van der Waals surface area contributed by atoms with Gasteiger partial charge in [-0.1, -0.05) is 0 Å². The molecular formula is C18H14O8. The lowest BCUT2D eigenvalue weighted by molar-refractivity contribution is -0.132. The Kier molecular flexibility index (Phi) is 5.36. The van der Waals surface area contributed by atoms with Crippen molar-refractivity contribution in [2.75, 3.05) is 0 Å². The zero-order valence-corrected chi connectivity index (χ0v) is 13.8. The predicted molar refractivity (Wildman–Crippen MR) is 88.4 cm³/mol. The van der Waals surface area contributed by atoms with E-state index in [0.29, 0.717) is 0 Å². The average Bonchev–Trinajstić information content (AvgIpc) is 2.53. The number of carbonyl (C=O) groups excluding carboxylic acids is 2. The maximum absolute atomic E-state index is 11.6. The van der Waals surface area contributed by atoms with Crippen LogP contribution in [0.25, 0.3) is 11.1 Å². The lowest BCUT2D eigenvalue weighted by Gasteiger charge is -2.12. The van der Waals surface area contributed by atoms with Gasteiger partial charge in [-0.3, -0.25) is 9.59 Å². The van der Waals surface area contributed by atoms with E-state index >= 15 is 0 Å². The molecule has 0 aliphatic rings. The number of carboxylic acids is 2. The van der Waals surface area contributed by atoms with E-state index in [0.717, 1.165) is 12.1 Å². The molecule has 0 amide bonds. The highest BCUT2D eigenvalue weighted by atomic mass is 16.5. The fourth-order valence-corrected chi connectivity index (χ4v) is 2.33. The molecule has 0 heterocycles. The standard InChI is InChI=1S/C18H14O8/c1-9(19)25-11-3-5-13(15(7-11)17(21)22)14-6-4-12(26-10(2)20)8-16(14)18(23)24/h3-8H,1-2H3,(H,21,22)(H,23,24). The fraction of sp³-hybridized carbons (Fsp3) is 0.111. The van der Waals surface area contributed by atoms with Crippen LogP contribution in [0.3, 0.4) is 0 Å². The molecule has 0 unspecified atom stereocenters. The summed E-state index contributed by atoms with van der Waals surface area (Å²) < 4.78 is 9.72. The Hall–Kier alpha value is -3.68. The highest BCUT2D eigenvalue weighted by molar-refractivity contribution is 6.02. The highest BCUT2D eigenvalue weighted by Crippen LogP contribution is 2.32. The Bertz CT molecular complexity index is 838. The summed E-state index contributed by atoms with van der Waals surface area (Å²) in [4.78, 5) is 45.2. The van der Waals surface area contributed by atoms with Crippen LogP contribution in [-0.4, -0.2) is 34.1 Å². The average molecular weight is 358 g/mol. The van der Waals surface area contributed by atoms with Crippen LogP contribution in [0.2, 0.25) is 0 Å². The summed E-state index contributed by atoms with van der Waals surface area (Å²) in [5.41, 5.74) is -0.265. The molecule has 0 radical (unpaired) electrons. The number of benzene rings is 2. The molecule has 2 rings (SSSR count). The molecular weight excluding hydrogens is 344 g/mol. The van der Waals surface area contributed by atoms with E-state index in [9.17, 15) is 29.4 Å². The number of carbonyl (C=O) groups is 4. The van der Waals surface area contributed by atoms with Gasteiger partial charge < -0.3 is 19.7 Å². The lowest BCUT2D eigenvalue weighted by atomic mass is 9.95. The third-order valence-corrected chi connectivity index (χ3v) is 3.26. The number of hydrogen-bond donors (Lipinski definition) is 2. The van der Waals surface area contributed by atoms with Crippen molar-refractivity contribution in [3.05, 3.63) is 47.5 Å². The predicted octanol–water partition coefficient (Wildman–Crippen LogP) is 2.60. The molecule has 0 saturated heterocycles. The highest BCUT2D eigenvalue weighted by Gasteiger charge is 2.20. The van der Waals surface area contributed by atoms with Gasteiger partial charge in [0.25, 0.3) is 0 Å². The van der Waals surface area contributed by atoms with Crippen molar-refractivity contribution >= 4 is 23.9 Å². The molecule has 0 bridgehead atoms. The molecule has 26 heavy (non-hydrogen) atoms. The SMILES string of the molecule is CC(=O)Oc1ccc(-c2ccc(OC(C)=O)cc2C(=O)O)c(C(=O)O)c1. The molecule has 0 spiro atoms. The Morgan fingerprint density at radius 2 is 1.04 bits per heavy atom. The molecule has 0 aliphatic heterocycles. The van der Waals surface area contributed by atoms with Crippen molar-refractivity contribution in [2.24, 2.45) is 0 Å². The van der Waals surface area contributed by atoms with Gasteiger partial charge in [-0.25, -0.2) is 9.59 Å². The number of carboxylic acid groups (broad SMARTS) is 2. The first-order chi connectivity index (χ1) is 12.2. The lowest BCUT2D eigenvalue weighted by Crippen LogP contribution is -2.08. The maximum atomic E-state index is 11.6. The Labute approximate surface area is 147 Å². The molecule has 2 N–H and O–H groups in total. The third kappa shape index (κ3) is 4.23.